The van der Waals surface area contributed by atoms with E-state index in [-0.39, 0.29) is 11.9 Å². The molecule has 1 heterocycles. The van der Waals surface area contributed by atoms with E-state index in [9.17, 15) is 9.50 Å². The van der Waals surface area contributed by atoms with E-state index in [0.717, 1.165) is 37.8 Å². The molecule has 18 heavy (non-hydrogen) atoms. The maximum Gasteiger partial charge on any atom is 0.141 e. The lowest BCUT2D eigenvalue weighted by Gasteiger charge is -2.26. The molecule has 4 heteroatoms. The second-order valence-corrected chi connectivity index (χ2v) is 5.17. The molecule has 0 spiro atoms. The number of pyridine rings is 1. The first-order valence-electron chi connectivity index (χ1n) is 6.70. The summed E-state index contributed by atoms with van der Waals surface area (Å²) in [6, 6.07) is 3.21. The smallest absolute Gasteiger partial charge is 0.141 e. The first-order valence-corrected chi connectivity index (χ1v) is 6.70. The average molecular weight is 252 g/mol. The van der Waals surface area contributed by atoms with E-state index in [1.165, 1.54) is 12.3 Å². The molecule has 1 aliphatic rings. The van der Waals surface area contributed by atoms with Gasteiger partial charge in [-0.1, -0.05) is 19.8 Å². The molecule has 1 unspecified atom stereocenters. The van der Waals surface area contributed by atoms with Crippen LogP contribution in [0.15, 0.2) is 18.3 Å². The van der Waals surface area contributed by atoms with Gasteiger partial charge in [0.15, 0.2) is 0 Å². The molecule has 2 N–H and O–H groups in total. The van der Waals surface area contributed by atoms with Crippen LogP contribution >= 0.6 is 0 Å². The molecule has 3 nitrogen and oxygen atoms in total. The zero-order valence-corrected chi connectivity index (χ0v) is 10.8. The van der Waals surface area contributed by atoms with Crippen molar-refractivity contribution in [3.05, 3.63) is 29.8 Å². The van der Waals surface area contributed by atoms with Crippen LogP contribution in [0.2, 0.25) is 0 Å². The fourth-order valence-electron chi connectivity index (χ4n) is 2.57. The number of aliphatic hydroxyl groups is 1. The number of halogens is 1. The lowest BCUT2D eigenvalue weighted by molar-refractivity contribution is 0.0445. The van der Waals surface area contributed by atoms with Crippen LogP contribution in [-0.2, 0) is 0 Å². The summed E-state index contributed by atoms with van der Waals surface area (Å²) in [5.41, 5.74) is 0.272. The maximum absolute atomic E-state index is 12.8. The summed E-state index contributed by atoms with van der Waals surface area (Å²) in [6.07, 6.45) is 6.05. The van der Waals surface area contributed by atoms with Crippen molar-refractivity contribution in [1.82, 2.24) is 10.3 Å². The third-order valence-electron chi connectivity index (χ3n) is 3.73. The summed E-state index contributed by atoms with van der Waals surface area (Å²) in [7, 11) is 0. The van der Waals surface area contributed by atoms with Crippen LogP contribution in [0.4, 0.5) is 4.39 Å². The second-order valence-electron chi connectivity index (χ2n) is 5.17. The molecule has 1 atom stereocenters. The Labute approximate surface area is 107 Å². The highest BCUT2D eigenvalue weighted by molar-refractivity contribution is 5.10. The van der Waals surface area contributed by atoms with Crippen molar-refractivity contribution >= 4 is 0 Å². The van der Waals surface area contributed by atoms with Crippen molar-refractivity contribution in [3.8, 4) is 0 Å². The molecule has 0 aromatic carbocycles. The van der Waals surface area contributed by atoms with Crippen LogP contribution in [0.1, 0.15) is 50.8 Å². The minimum Gasteiger partial charge on any atom is -0.389 e. The Morgan fingerprint density at radius 2 is 2.17 bits per heavy atom. The predicted molar refractivity (Wildman–Crippen MR) is 68.6 cm³/mol. The van der Waals surface area contributed by atoms with Crippen LogP contribution in [0.5, 0.6) is 0 Å². The summed E-state index contributed by atoms with van der Waals surface area (Å²) in [6.45, 7) is 2.64. The Kier molecular flexibility index (Phi) is 4.30. The molecule has 0 amide bonds. The predicted octanol–water partition coefficient (Wildman–Crippen LogP) is 2.57. The van der Waals surface area contributed by atoms with Crippen molar-refractivity contribution in [2.45, 2.75) is 50.7 Å². The van der Waals surface area contributed by atoms with E-state index in [1.807, 2.05) is 0 Å². The quantitative estimate of drug-likeness (QED) is 0.846. The minimum absolute atomic E-state index is 0.0789. The molecular formula is C14H21FN2O. The summed E-state index contributed by atoms with van der Waals surface area (Å²) in [5, 5.41) is 13.6. The highest BCUT2D eigenvalue weighted by Crippen LogP contribution is 2.29. The zero-order chi connectivity index (χ0) is 13.0. The number of rotatable bonds is 5. The topological polar surface area (TPSA) is 45.1 Å². The maximum atomic E-state index is 12.8. The Bertz CT molecular complexity index is 374. The molecule has 0 aliphatic heterocycles. The fourth-order valence-corrected chi connectivity index (χ4v) is 2.57. The van der Waals surface area contributed by atoms with Gasteiger partial charge >= 0.3 is 0 Å². The first-order chi connectivity index (χ1) is 8.63. The third kappa shape index (κ3) is 3.27. The largest absolute Gasteiger partial charge is 0.389 e. The van der Waals surface area contributed by atoms with Gasteiger partial charge in [-0.05, 0) is 31.4 Å². The van der Waals surface area contributed by atoms with Crippen LogP contribution in [0.25, 0.3) is 0 Å². The lowest BCUT2D eigenvalue weighted by atomic mass is 10.0. The standard InChI is InChI=1S/C14H21FN2O/c1-2-12(13-6-5-11(15)9-16-13)17-10-14(18)7-3-4-8-14/h5-6,9,12,17-18H,2-4,7-8,10H2,1H3. The fraction of sp³-hybridized carbons (Fsp3) is 0.643. The molecule has 1 saturated carbocycles. The molecule has 1 aromatic rings. The normalized spacial score (nSPS) is 19.9. The van der Waals surface area contributed by atoms with E-state index in [0.29, 0.717) is 6.54 Å². The van der Waals surface area contributed by atoms with Crippen molar-refractivity contribution < 1.29 is 9.50 Å². The van der Waals surface area contributed by atoms with Gasteiger partial charge in [-0.25, -0.2) is 4.39 Å². The van der Waals surface area contributed by atoms with E-state index in [4.69, 9.17) is 0 Å². The number of hydrogen-bond acceptors (Lipinski definition) is 3. The molecule has 2 rings (SSSR count). The van der Waals surface area contributed by atoms with Crippen molar-refractivity contribution in [2.75, 3.05) is 6.54 Å². The van der Waals surface area contributed by atoms with E-state index in [2.05, 4.69) is 17.2 Å². The van der Waals surface area contributed by atoms with Crippen LogP contribution in [0.3, 0.4) is 0 Å². The number of aromatic nitrogens is 1. The van der Waals surface area contributed by atoms with Crippen molar-refractivity contribution in [1.29, 1.82) is 0 Å². The summed E-state index contributed by atoms with van der Waals surface area (Å²) in [4.78, 5) is 4.10. The molecule has 1 aromatic heterocycles. The third-order valence-corrected chi connectivity index (χ3v) is 3.73. The van der Waals surface area contributed by atoms with Crippen LogP contribution in [0, 0.1) is 5.82 Å². The zero-order valence-electron chi connectivity index (χ0n) is 10.8. The van der Waals surface area contributed by atoms with Gasteiger partial charge in [0.05, 0.1) is 17.5 Å². The summed E-state index contributed by atoms with van der Waals surface area (Å²) in [5.74, 6) is -0.317. The molecule has 0 radical (unpaired) electrons. The van der Waals surface area contributed by atoms with E-state index < -0.39 is 5.60 Å². The van der Waals surface area contributed by atoms with Crippen LogP contribution < -0.4 is 5.32 Å². The number of nitrogens with one attached hydrogen (secondary N) is 1. The van der Waals surface area contributed by atoms with Gasteiger partial charge in [-0.3, -0.25) is 4.98 Å². The Morgan fingerprint density at radius 3 is 2.72 bits per heavy atom. The highest BCUT2D eigenvalue weighted by Gasteiger charge is 2.31. The van der Waals surface area contributed by atoms with Gasteiger partial charge < -0.3 is 10.4 Å². The van der Waals surface area contributed by atoms with Gasteiger partial charge in [-0.15, -0.1) is 0 Å². The molecule has 100 valence electrons. The van der Waals surface area contributed by atoms with Crippen LogP contribution in [-0.4, -0.2) is 22.2 Å². The van der Waals surface area contributed by atoms with Gasteiger partial charge in [0.2, 0.25) is 0 Å². The Hall–Kier alpha value is -1.00. The van der Waals surface area contributed by atoms with E-state index >= 15 is 0 Å². The van der Waals surface area contributed by atoms with Gasteiger partial charge in [0.25, 0.3) is 0 Å². The Balaban J connectivity index is 1.95. The van der Waals surface area contributed by atoms with Crippen molar-refractivity contribution in [3.63, 3.8) is 0 Å². The minimum atomic E-state index is -0.562. The molecular weight excluding hydrogens is 231 g/mol. The Morgan fingerprint density at radius 1 is 1.44 bits per heavy atom. The van der Waals surface area contributed by atoms with Crippen molar-refractivity contribution in [2.24, 2.45) is 0 Å². The molecule has 0 bridgehead atoms. The van der Waals surface area contributed by atoms with Gasteiger partial charge in [0.1, 0.15) is 5.82 Å². The summed E-state index contributed by atoms with van der Waals surface area (Å²) < 4.78 is 12.8. The SMILES string of the molecule is CCC(NCC1(O)CCCC1)c1ccc(F)cn1. The molecule has 1 fully saturated rings. The number of hydrogen-bond donors (Lipinski definition) is 2. The second kappa shape index (κ2) is 5.76. The monoisotopic (exact) mass is 252 g/mol. The summed E-state index contributed by atoms with van der Waals surface area (Å²) >= 11 is 0. The van der Waals surface area contributed by atoms with Gasteiger partial charge in [0, 0.05) is 12.6 Å². The molecule has 0 saturated heterocycles. The lowest BCUT2D eigenvalue weighted by Crippen LogP contribution is -2.39. The number of nitrogens with zero attached hydrogens (tertiary/aromatic N) is 1. The van der Waals surface area contributed by atoms with E-state index in [1.54, 1.807) is 6.07 Å². The van der Waals surface area contributed by atoms with Gasteiger partial charge in [-0.2, -0.15) is 0 Å². The highest BCUT2D eigenvalue weighted by atomic mass is 19.1. The first kappa shape index (κ1) is 13.4. The average Bonchev–Trinajstić information content (AvgIpc) is 2.79. The molecule has 1 aliphatic carbocycles.